The summed E-state index contributed by atoms with van der Waals surface area (Å²) in [7, 11) is 2.04. The second-order valence-electron chi connectivity index (χ2n) is 7.40. The fourth-order valence-electron chi connectivity index (χ4n) is 4.02. The molecule has 7 nitrogen and oxygen atoms in total. The van der Waals surface area contributed by atoms with E-state index >= 15 is 0 Å². The van der Waals surface area contributed by atoms with Crippen LogP contribution in [0.4, 0.5) is 15.8 Å². The van der Waals surface area contributed by atoms with E-state index in [4.69, 9.17) is 0 Å². The number of nitro groups is 1. The molecule has 150 valence electrons. The number of aliphatic imine (C=N–C) groups is 1. The molecular formula is C21H21FN4O3. The third kappa shape index (κ3) is 3.63. The van der Waals surface area contributed by atoms with Gasteiger partial charge in [0.2, 0.25) is 5.91 Å². The molecule has 0 atom stereocenters. The molecule has 29 heavy (non-hydrogen) atoms. The van der Waals surface area contributed by atoms with Crippen LogP contribution in [0.25, 0.3) is 0 Å². The van der Waals surface area contributed by atoms with E-state index in [1.807, 2.05) is 7.05 Å². The van der Waals surface area contributed by atoms with Crippen molar-refractivity contribution in [3.8, 4) is 0 Å². The molecule has 1 amide bonds. The topological polar surface area (TPSA) is 79.0 Å². The van der Waals surface area contributed by atoms with Crippen molar-refractivity contribution < 1.29 is 14.1 Å². The molecule has 0 spiro atoms. The normalized spacial score (nSPS) is 18.2. The quantitative estimate of drug-likeness (QED) is 0.590. The van der Waals surface area contributed by atoms with Crippen LogP contribution in [-0.4, -0.2) is 54.2 Å². The minimum Gasteiger partial charge on any atom is -0.307 e. The number of hydrogen-bond donors (Lipinski definition) is 0. The van der Waals surface area contributed by atoms with E-state index in [1.54, 1.807) is 29.2 Å². The Balaban J connectivity index is 1.87. The van der Waals surface area contributed by atoms with Crippen molar-refractivity contribution >= 4 is 23.0 Å². The molecule has 2 aliphatic heterocycles. The number of nitrogens with zero attached hydrogens (tertiary/aromatic N) is 4. The summed E-state index contributed by atoms with van der Waals surface area (Å²) in [6.07, 6.45) is 1.60. The maximum atomic E-state index is 14.5. The fourth-order valence-corrected chi connectivity index (χ4v) is 4.02. The molecule has 0 aliphatic carbocycles. The molecule has 2 heterocycles. The van der Waals surface area contributed by atoms with Crippen molar-refractivity contribution in [1.82, 2.24) is 4.90 Å². The molecule has 0 unspecified atom stereocenters. The van der Waals surface area contributed by atoms with E-state index < -0.39 is 10.7 Å². The van der Waals surface area contributed by atoms with Gasteiger partial charge in [0, 0.05) is 29.3 Å². The van der Waals surface area contributed by atoms with Crippen LogP contribution in [0.15, 0.2) is 47.5 Å². The van der Waals surface area contributed by atoms with E-state index in [9.17, 15) is 19.3 Å². The van der Waals surface area contributed by atoms with E-state index in [2.05, 4.69) is 9.89 Å². The summed E-state index contributed by atoms with van der Waals surface area (Å²) in [4.78, 5) is 32.2. The Morgan fingerprint density at radius 3 is 2.55 bits per heavy atom. The van der Waals surface area contributed by atoms with Gasteiger partial charge in [0.25, 0.3) is 5.69 Å². The molecule has 4 rings (SSSR count). The van der Waals surface area contributed by atoms with Gasteiger partial charge in [0.05, 0.1) is 16.3 Å². The monoisotopic (exact) mass is 396 g/mol. The zero-order chi connectivity index (χ0) is 20.5. The number of carbonyl (C=O) groups excluding carboxylic acids is 1. The zero-order valence-corrected chi connectivity index (χ0v) is 16.0. The summed E-state index contributed by atoms with van der Waals surface area (Å²) in [5.41, 5.74) is 1.34. The van der Waals surface area contributed by atoms with Gasteiger partial charge in [-0.05, 0) is 51.2 Å². The maximum absolute atomic E-state index is 14.5. The highest BCUT2D eigenvalue weighted by Crippen LogP contribution is 2.34. The van der Waals surface area contributed by atoms with Crippen LogP contribution in [0.2, 0.25) is 0 Å². The third-order valence-corrected chi connectivity index (χ3v) is 5.53. The predicted molar refractivity (Wildman–Crippen MR) is 108 cm³/mol. The Kier molecular flexibility index (Phi) is 5.10. The second-order valence-corrected chi connectivity index (χ2v) is 7.40. The predicted octanol–water partition coefficient (Wildman–Crippen LogP) is 3.01. The highest BCUT2D eigenvalue weighted by atomic mass is 19.1. The van der Waals surface area contributed by atoms with Gasteiger partial charge in [-0.15, -0.1) is 0 Å². The van der Waals surface area contributed by atoms with Gasteiger partial charge in [-0.3, -0.25) is 19.9 Å². The number of benzodiazepines with no additional fused rings is 1. The van der Waals surface area contributed by atoms with Gasteiger partial charge >= 0.3 is 0 Å². The molecule has 2 aromatic rings. The summed E-state index contributed by atoms with van der Waals surface area (Å²) in [5.74, 6) is -0.662. The molecule has 0 aromatic heterocycles. The van der Waals surface area contributed by atoms with Gasteiger partial charge in [0.15, 0.2) is 0 Å². The van der Waals surface area contributed by atoms with Crippen molar-refractivity contribution in [2.75, 3.05) is 31.6 Å². The number of piperidine rings is 1. The minimum atomic E-state index is -0.494. The average molecular weight is 396 g/mol. The number of benzene rings is 2. The highest BCUT2D eigenvalue weighted by molar-refractivity contribution is 6.20. The Labute approximate surface area is 167 Å². The lowest BCUT2D eigenvalue weighted by molar-refractivity contribution is -0.384. The number of nitro benzene ring substituents is 1. The Morgan fingerprint density at radius 1 is 1.14 bits per heavy atom. The van der Waals surface area contributed by atoms with Gasteiger partial charge < -0.3 is 9.80 Å². The number of halogens is 1. The lowest BCUT2D eigenvalue weighted by Crippen LogP contribution is -2.47. The van der Waals surface area contributed by atoms with Gasteiger partial charge in [-0.1, -0.05) is 12.1 Å². The third-order valence-electron chi connectivity index (χ3n) is 5.53. The van der Waals surface area contributed by atoms with Crippen LogP contribution in [0.5, 0.6) is 0 Å². The van der Waals surface area contributed by atoms with Gasteiger partial charge in [0.1, 0.15) is 12.4 Å². The zero-order valence-electron chi connectivity index (χ0n) is 16.0. The van der Waals surface area contributed by atoms with Crippen LogP contribution in [0, 0.1) is 15.9 Å². The van der Waals surface area contributed by atoms with Crippen molar-refractivity contribution in [2.45, 2.75) is 18.9 Å². The number of likely N-dealkylation sites (tertiary alicyclic amines) is 1. The molecule has 0 saturated carbocycles. The van der Waals surface area contributed by atoms with Crippen LogP contribution >= 0.6 is 0 Å². The molecule has 0 N–H and O–H groups in total. The van der Waals surface area contributed by atoms with E-state index in [1.165, 1.54) is 18.2 Å². The molecular weight excluding hydrogens is 375 g/mol. The van der Waals surface area contributed by atoms with Gasteiger partial charge in [-0.2, -0.15) is 0 Å². The number of anilines is 1. The van der Waals surface area contributed by atoms with Crippen LogP contribution < -0.4 is 4.90 Å². The largest absolute Gasteiger partial charge is 0.307 e. The number of carbonyl (C=O) groups is 1. The lowest BCUT2D eigenvalue weighted by atomic mass is 9.97. The molecule has 1 fully saturated rings. The highest BCUT2D eigenvalue weighted by Gasteiger charge is 2.33. The summed E-state index contributed by atoms with van der Waals surface area (Å²) < 4.78 is 14.5. The maximum Gasteiger partial charge on any atom is 0.270 e. The fraction of sp³-hybridized carbons (Fsp3) is 0.333. The first-order valence-corrected chi connectivity index (χ1v) is 9.54. The van der Waals surface area contributed by atoms with Crippen molar-refractivity contribution in [2.24, 2.45) is 4.99 Å². The van der Waals surface area contributed by atoms with E-state index in [-0.39, 0.29) is 35.5 Å². The summed E-state index contributed by atoms with van der Waals surface area (Å²) in [6.45, 7) is 1.59. The van der Waals surface area contributed by atoms with Crippen molar-refractivity contribution in [3.63, 3.8) is 0 Å². The Morgan fingerprint density at radius 2 is 1.86 bits per heavy atom. The SMILES string of the molecule is CN1CCC(N2C(=O)CN=C(c3ccccc3F)c3cc([N+](=O)[O-])ccc32)CC1. The lowest BCUT2D eigenvalue weighted by Gasteiger charge is -2.37. The Bertz CT molecular complexity index is 999. The summed E-state index contributed by atoms with van der Waals surface area (Å²) in [5, 5.41) is 11.4. The van der Waals surface area contributed by atoms with E-state index in [0.29, 0.717) is 11.3 Å². The summed E-state index contributed by atoms with van der Waals surface area (Å²) in [6, 6.07) is 10.5. The van der Waals surface area contributed by atoms with Crippen LogP contribution in [0.1, 0.15) is 24.0 Å². The summed E-state index contributed by atoms with van der Waals surface area (Å²) >= 11 is 0. The first-order chi connectivity index (χ1) is 14.0. The standard InChI is InChI=1S/C21H21FN4O3/c1-24-10-8-14(9-11-24)25-19-7-6-15(26(28)29)12-17(19)21(23-13-20(25)27)16-4-2-3-5-18(16)22/h2-7,12,14H,8-11,13H2,1H3. The van der Waals surface area contributed by atoms with Crippen molar-refractivity contribution in [3.05, 3.63) is 69.5 Å². The van der Waals surface area contributed by atoms with Crippen LogP contribution in [0.3, 0.4) is 0 Å². The number of hydrogen-bond acceptors (Lipinski definition) is 5. The number of non-ortho nitro benzene ring substituents is 1. The first-order valence-electron chi connectivity index (χ1n) is 9.54. The molecule has 8 heteroatoms. The number of fused-ring (bicyclic) bond motifs is 1. The van der Waals surface area contributed by atoms with E-state index in [0.717, 1.165) is 25.9 Å². The smallest absolute Gasteiger partial charge is 0.270 e. The molecule has 0 radical (unpaired) electrons. The number of amides is 1. The molecule has 1 saturated heterocycles. The number of rotatable bonds is 3. The minimum absolute atomic E-state index is 0.0194. The Hall–Kier alpha value is -3.13. The average Bonchev–Trinajstić information content (AvgIpc) is 2.85. The molecule has 0 bridgehead atoms. The molecule has 2 aliphatic rings. The first kappa shape index (κ1) is 19.2. The molecule has 2 aromatic carbocycles. The second kappa shape index (κ2) is 7.71. The van der Waals surface area contributed by atoms with Gasteiger partial charge in [-0.25, -0.2) is 4.39 Å². The van der Waals surface area contributed by atoms with Crippen molar-refractivity contribution in [1.29, 1.82) is 0 Å². The van der Waals surface area contributed by atoms with Crippen LogP contribution in [-0.2, 0) is 4.79 Å².